The summed E-state index contributed by atoms with van der Waals surface area (Å²) in [6.07, 6.45) is 1.72. The van der Waals surface area contributed by atoms with E-state index in [2.05, 4.69) is 43.5 Å². The Morgan fingerprint density at radius 2 is 1.94 bits per heavy atom. The third-order valence-corrected chi connectivity index (χ3v) is 6.34. The van der Waals surface area contributed by atoms with Crippen LogP contribution in [0.2, 0.25) is 0 Å². The first-order chi connectivity index (χ1) is 15.4. The van der Waals surface area contributed by atoms with E-state index in [4.69, 9.17) is 10.5 Å². The summed E-state index contributed by atoms with van der Waals surface area (Å²) in [6, 6.07) is 7.89. The minimum Gasteiger partial charge on any atom is -0.494 e. The molecule has 32 heavy (non-hydrogen) atoms. The maximum atomic E-state index is 11.6. The molecule has 1 aliphatic heterocycles. The Balaban J connectivity index is 1.54. The molecule has 4 rings (SSSR count). The third-order valence-electron chi connectivity index (χ3n) is 5.41. The number of thiophene rings is 1. The number of amides is 1. The summed E-state index contributed by atoms with van der Waals surface area (Å²) in [5.74, 6) is 1.25. The number of aromatic nitrogens is 2. The molecule has 1 aliphatic rings. The van der Waals surface area contributed by atoms with E-state index >= 15 is 0 Å². The van der Waals surface area contributed by atoms with Crippen molar-refractivity contribution in [3.05, 3.63) is 46.3 Å². The van der Waals surface area contributed by atoms with E-state index in [0.29, 0.717) is 28.1 Å². The van der Waals surface area contributed by atoms with Crippen LogP contribution < -0.4 is 26.0 Å². The lowest BCUT2D eigenvalue weighted by Gasteiger charge is -2.34. The Labute approximate surface area is 191 Å². The van der Waals surface area contributed by atoms with Gasteiger partial charge in [0.25, 0.3) is 5.91 Å². The summed E-state index contributed by atoms with van der Waals surface area (Å²) in [5.41, 5.74) is 8.83. The molecule has 9 nitrogen and oxygen atoms in total. The first-order valence-electron chi connectivity index (χ1n) is 10.3. The molecule has 2 aromatic heterocycles. The SMILES string of the molecule is COc1cc(N2CCN(C)CC2)ccc1Nc1ncc(C)c(Nc2ccsc2C(N)=O)n1. The quantitative estimate of drug-likeness (QED) is 0.501. The Kier molecular flexibility index (Phi) is 6.42. The zero-order valence-corrected chi connectivity index (χ0v) is 19.2. The van der Waals surface area contributed by atoms with Gasteiger partial charge >= 0.3 is 0 Å². The highest BCUT2D eigenvalue weighted by atomic mass is 32.1. The molecule has 3 heterocycles. The van der Waals surface area contributed by atoms with Crippen molar-refractivity contribution in [3.63, 3.8) is 0 Å². The van der Waals surface area contributed by atoms with Crippen molar-refractivity contribution in [2.24, 2.45) is 5.73 Å². The number of benzene rings is 1. The number of anilines is 5. The topological polar surface area (TPSA) is 109 Å². The molecular weight excluding hydrogens is 426 g/mol. The summed E-state index contributed by atoms with van der Waals surface area (Å²) in [6.45, 7) is 5.94. The number of rotatable bonds is 7. The van der Waals surface area contributed by atoms with Crippen molar-refractivity contribution in [2.75, 3.05) is 55.9 Å². The minimum atomic E-state index is -0.474. The van der Waals surface area contributed by atoms with Gasteiger partial charge in [-0.2, -0.15) is 4.98 Å². The fourth-order valence-electron chi connectivity index (χ4n) is 3.52. The van der Waals surface area contributed by atoms with Gasteiger partial charge in [0.2, 0.25) is 5.95 Å². The average molecular weight is 454 g/mol. The third kappa shape index (κ3) is 4.76. The summed E-state index contributed by atoms with van der Waals surface area (Å²) < 4.78 is 5.63. The fraction of sp³-hybridized carbons (Fsp3) is 0.318. The van der Waals surface area contributed by atoms with Crippen molar-refractivity contribution in [1.82, 2.24) is 14.9 Å². The Morgan fingerprint density at radius 3 is 2.66 bits per heavy atom. The number of hydrogen-bond acceptors (Lipinski definition) is 9. The molecule has 0 bridgehead atoms. The number of nitrogens with zero attached hydrogens (tertiary/aromatic N) is 4. The number of carbonyl (C=O) groups excluding carboxylic acids is 1. The molecule has 4 N–H and O–H groups in total. The van der Waals surface area contributed by atoms with E-state index < -0.39 is 5.91 Å². The number of ether oxygens (including phenoxy) is 1. The second-order valence-electron chi connectivity index (χ2n) is 7.68. The number of hydrogen-bond donors (Lipinski definition) is 3. The highest BCUT2D eigenvalue weighted by Crippen LogP contribution is 2.32. The Bertz CT molecular complexity index is 1110. The average Bonchev–Trinajstić information content (AvgIpc) is 3.25. The van der Waals surface area contributed by atoms with Crippen LogP contribution in [0.4, 0.5) is 28.8 Å². The van der Waals surface area contributed by atoms with Gasteiger partial charge in [0.05, 0.1) is 18.5 Å². The Hall–Kier alpha value is -3.37. The predicted molar refractivity (Wildman–Crippen MR) is 129 cm³/mol. The van der Waals surface area contributed by atoms with Crippen molar-refractivity contribution < 1.29 is 9.53 Å². The maximum absolute atomic E-state index is 11.6. The van der Waals surface area contributed by atoms with E-state index in [9.17, 15) is 4.79 Å². The van der Waals surface area contributed by atoms with Gasteiger partial charge < -0.3 is 30.9 Å². The van der Waals surface area contributed by atoms with Crippen LogP contribution in [-0.4, -0.2) is 61.1 Å². The lowest BCUT2D eigenvalue weighted by atomic mass is 10.2. The first kappa shape index (κ1) is 21.8. The van der Waals surface area contributed by atoms with Crippen LogP contribution in [0.1, 0.15) is 15.2 Å². The number of piperazine rings is 1. The summed E-state index contributed by atoms with van der Waals surface area (Å²) in [5, 5.41) is 8.24. The van der Waals surface area contributed by atoms with Crippen LogP contribution >= 0.6 is 11.3 Å². The molecule has 0 unspecified atom stereocenters. The summed E-state index contributed by atoms with van der Waals surface area (Å²) >= 11 is 1.29. The van der Waals surface area contributed by atoms with Crippen molar-refractivity contribution >= 4 is 46.1 Å². The molecule has 0 radical (unpaired) electrons. The van der Waals surface area contributed by atoms with Gasteiger partial charge in [-0.1, -0.05) is 0 Å². The Morgan fingerprint density at radius 1 is 1.16 bits per heavy atom. The molecule has 1 aromatic carbocycles. The molecule has 0 spiro atoms. The van der Waals surface area contributed by atoms with Crippen LogP contribution in [0.3, 0.4) is 0 Å². The number of primary amides is 1. The fourth-order valence-corrected chi connectivity index (χ4v) is 4.22. The van der Waals surface area contributed by atoms with Crippen LogP contribution in [0.15, 0.2) is 35.8 Å². The van der Waals surface area contributed by atoms with Crippen LogP contribution in [0.25, 0.3) is 0 Å². The number of carbonyl (C=O) groups is 1. The highest BCUT2D eigenvalue weighted by molar-refractivity contribution is 7.12. The van der Waals surface area contributed by atoms with E-state index in [1.165, 1.54) is 11.3 Å². The molecular formula is C22H27N7O2S. The number of nitrogens with one attached hydrogen (secondary N) is 2. The van der Waals surface area contributed by atoms with Crippen LogP contribution in [-0.2, 0) is 0 Å². The largest absolute Gasteiger partial charge is 0.494 e. The van der Waals surface area contributed by atoms with Gasteiger partial charge in [0, 0.05) is 49.7 Å². The molecule has 168 valence electrons. The normalized spacial score (nSPS) is 14.3. The summed E-state index contributed by atoms with van der Waals surface area (Å²) in [7, 11) is 3.79. The number of aryl methyl sites for hydroxylation is 1. The van der Waals surface area contributed by atoms with E-state index in [1.54, 1.807) is 19.4 Å². The molecule has 1 amide bonds. The van der Waals surface area contributed by atoms with Gasteiger partial charge in [-0.3, -0.25) is 4.79 Å². The van der Waals surface area contributed by atoms with E-state index in [0.717, 1.165) is 43.1 Å². The highest BCUT2D eigenvalue weighted by Gasteiger charge is 2.17. The standard InChI is InChI=1S/C22H27N7O2S/c1-14-13-24-22(27-21(14)25-17-6-11-32-19(17)20(23)30)26-16-5-4-15(12-18(16)31-3)29-9-7-28(2)8-10-29/h4-6,11-13H,7-10H2,1-3H3,(H2,23,30)(H2,24,25,26,27). The molecule has 3 aromatic rings. The first-order valence-corrected chi connectivity index (χ1v) is 11.2. The molecule has 0 atom stereocenters. The van der Waals surface area contributed by atoms with Crippen LogP contribution in [0, 0.1) is 6.92 Å². The van der Waals surface area contributed by atoms with Gasteiger partial charge in [-0.15, -0.1) is 11.3 Å². The smallest absolute Gasteiger partial charge is 0.260 e. The molecule has 0 saturated carbocycles. The van der Waals surface area contributed by atoms with Crippen LogP contribution in [0.5, 0.6) is 5.75 Å². The molecule has 1 saturated heterocycles. The van der Waals surface area contributed by atoms with Gasteiger partial charge in [-0.05, 0) is 37.6 Å². The van der Waals surface area contributed by atoms with Gasteiger partial charge in [0.15, 0.2) is 0 Å². The zero-order valence-electron chi connectivity index (χ0n) is 18.4. The van der Waals surface area contributed by atoms with Crippen molar-refractivity contribution in [2.45, 2.75) is 6.92 Å². The monoisotopic (exact) mass is 453 g/mol. The van der Waals surface area contributed by atoms with E-state index in [-0.39, 0.29) is 0 Å². The molecule has 0 aliphatic carbocycles. The second kappa shape index (κ2) is 9.41. The number of likely N-dealkylation sites (N-methyl/N-ethyl adjacent to an activating group) is 1. The molecule has 1 fully saturated rings. The minimum absolute atomic E-state index is 0.416. The lowest BCUT2D eigenvalue weighted by Crippen LogP contribution is -2.44. The zero-order chi connectivity index (χ0) is 22.7. The summed E-state index contributed by atoms with van der Waals surface area (Å²) in [4.78, 5) is 25.7. The van der Waals surface area contributed by atoms with Gasteiger partial charge in [-0.25, -0.2) is 4.98 Å². The molecule has 10 heteroatoms. The predicted octanol–water partition coefficient (Wildman–Crippen LogP) is 3.19. The van der Waals surface area contributed by atoms with Crippen molar-refractivity contribution in [1.29, 1.82) is 0 Å². The van der Waals surface area contributed by atoms with E-state index in [1.807, 2.05) is 24.4 Å². The van der Waals surface area contributed by atoms with Crippen molar-refractivity contribution in [3.8, 4) is 5.75 Å². The maximum Gasteiger partial charge on any atom is 0.260 e. The number of nitrogens with two attached hydrogens (primary N) is 1. The van der Waals surface area contributed by atoms with Gasteiger partial charge in [0.1, 0.15) is 16.4 Å². The lowest BCUT2D eigenvalue weighted by molar-refractivity contribution is 0.100. The number of methoxy groups -OCH3 is 1. The second-order valence-corrected chi connectivity index (χ2v) is 8.59.